The van der Waals surface area contributed by atoms with Crippen molar-refractivity contribution < 1.29 is 9.53 Å². The molecule has 0 saturated heterocycles. The lowest BCUT2D eigenvalue weighted by atomic mass is 10.3. The number of H-pyrrole nitrogens is 1. The van der Waals surface area contributed by atoms with Crippen molar-refractivity contribution in [3.8, 4) is 0 Å². The van der Waals surface area contributed by atoms with E-state index in [2.05, 4.69) is 4.98 Å². The molecule has 0 aliphatic heterocycles. The normalized spacial score (nSPS) is 9.62. The second-order valence-corrected chi connectivity index (χ2v) is 2.41. The zero-order valence-electron chi connectivity index (χ0n) is 6.95. The first kappa shape index (κ1) is 9.47. The van der Waals surface area contributed by atoms with Gasteiger partial charge in [-0.25, -0.2) is 0 Å². The molecule has 1 aromatic heterocycles. The van der Waals surface area contributed by atoms with Gasteiger partial charge >= 0.3 is 5.97 Å². The molecule has 13 heavy (non-hydrogen) atoms. The summed E-state index contributed by atoms with van der Waals surface area (Å²) in [7, 11) is 0. The highest BCUT2D eigenvalue weighted by molar-refractivity contribution is 5.71. The van der Waals surface area contributed by atoms with E-state index in [4.69, 9.17) is 10.5 Å². The van der Waals surface area contributed by atoms with Crippen molar-refractivity contribution in [1.29, 1.82) is 0 Å². The van der Waals surface area contributed by atoms with Crippen LogP contribution in [0.15, 0.2) is 23.1 Å². The van der Waals surface area contributed by atoms with Crippen LogP contribution in [-0.2, 0) is 16.1 Å². The molecule has 70 valence electrons. The zero-order valence-corrected chi connectivity index (χ0v) is 6.95. The molecule has 0 saturated carbocycles. The van der Waals surface area contributed by atoms with Crippen LogP contribution in [0.3, 0.4) is 0 Å². The van der Waals surface area contributed by atoms with Crippen LogP contribution < -0.4 is 11.2 Å². The summed E-state index contributed by atoms with van der Waals surface area (Å²) < 4.78 is 4.70. The maximum atomic E-state index is 10.8. The minimum atomic E-state index is -0.496. The molecular formula is C8H10N2O3. The van der Waals surface area contributed by atoms with Crippen molar-refractivity contribution in [2.24, 2.45) is 5.73 Å². The molecule has 5 heteroatoms. The van der Waals surface area contributed by atoms with E-state index in [0.29, 0.717) is 5.69 Å². The summed E-state index contributed by atoms with van der Waals surface area (Å²) >= 11 is 0. The molecule has 1 rings (SSSR count). The number of aromatic nitrogens is 1. The molecule has 5 nitrogen and oxygen atoms in total. The summed E-state index contributed by atoms with van der Waals surface area (Å²) in [6.07, 6.45) is 1.49. The van der Waals surface area contributed by atoms with E-state index in [1.54, 1.807) is 0 Å². The van der Waals surface area contributed by atoms with Crippen LogP contribution in [0.1, 0.15) is 5.69 Å². The predicted octanol–water partition coefficient (Wildman–Crippen LogP) is -0.623. The maximum absolute atomic E-state index is 10.8. The molecule has 0 aliphatic rings. The summed E-state index contributed by atoms with van der Waals surface area (Å²) in [5, 5.41) is 0. The van der Waals surface area contributed by atoms with Gasteiger partial charge in [-0.05, 0) is 0 Å². The van der Waals surface area contributed by atoms with Crippen LogP contribution in [0.25, 0.3) is 0 Å². The number of carbonyl (C=O) groups is 1. The first-order valence-corrected chi connectivity index (χ1v) is 3.75. The van der Waals surface area contributed by atoms with E-state index in [1.165, 1.54) is 18.3 Å². The van der Waals surface area contributed by atoms with Gasteiger partial charge in [0.1, 0.15) is 6.61 Å². The Hall–Kier alpha value is -1.62. The second-order valence-electron chi connectivity index (χ2n) is 2.41. The summed E-state index contributed by atoms with van der Waals surface area (Å²) in [4.78, 5) is 24.2. The topological polar surface area (TPSA) is 85.2 Å². The molecule has 0 bridgehead atoms. The van der Waals surface area contributed by atoms with Gasteiger partial charge in [-0.15, -0.1) is 0 Å². The van der Waals surface area contributed by atoms with Crippen LogP contribution in [-0.4, -0.2) is 17.5 Å². The van der Waals surface area contributed by atoms with Crippen LogP contribution in [0.5, 0.6) is 0 Å². The number of nitrogens with two attached hydrogens (primary N) is 1. The quantitative estimate of drug-likeness (QED) is 0.610. The number of hydrogen-bond donors (Lipinski definition) is 2. The Bertz CT molecular complexity index is 345. The van der Waals surface area contributed by atoms with E-state index >= 15 is 0 Å². The third-order valence-electron chi connectivity index (χ3n) is 1.39. The van der Waals surface area contributed by atoms with Crippen molar-refractivity contribution in [2.75, 3.05) is 6.54 Å². The highest BCUT2D eigenvalue weighted by Crippen LogP contribution is 1.92. The minimum Gasteiger partial charge on any atom is -0.458 e. The van der Waals surface area contributed by atoms with Gasteiger partial charge in [0.05, 0.1) is 12.2 Å². The molecule has 3 N–H and O–H groups in total. The molecule has 0 aliphatic carbocycles. The molecule has 0 radical (unpaired) electrons. The number of carbonyl (C=O) groups excluding carboxylic acids is 1. The molecule has 1 aromatic rings. The lowest BCUT2D eigenvalue weighted by molar-refractivity contribution is -0.143. The number of ether oxygens (including phenoxy) is 1. The van der Waals surface area contributed by atoms with Crippen molar-refractivity contribution in [3.05, 3.63) is 34.2 Å². The standard InChI is InChI=1S/C8H10N2O3/c9-4-8(12)13-5-6-3-7(11)1-2-10-6/h1-3H,4-5,9H2,(H,10,11). The Morgan fingerprint density at radius 1 is 1.62 bits per heavy atom. The van der Waals surface area contributed by atoms with Gasteiger partial charge < -0.3 is 15.5 Å². The first-order chi connectivity index (χ1) is 6.22. The summed E-state index contributed by atoms with van der Waals surface area (Å²) in [6, 6.07) is 2.75. The molecule has 0 atom stereocenters. The Labute approximate surface area is 74.5 Å². The molecule has 0 unspecified atom stereocenters. The number of aromatic amines is 1. The van der Waals surface area contributed by atoms with E-state index in [0.717, 1.165) is 0 Å². The SMILES string of the molecule is NCC(=O)OCc1cc(=O)cc[nH]1. The zero-order chi connectivity index (χ0) is 9.68. The Kier molecular flexibility index (Phi) is 3.22. The van der Waals surface area contributed by atoms with Gasteiger partial charge in [-0.2, -0.15) is 0 Å². The molecular weight excluding hydrogens is 172 g/mol. The Balaban J connectivity index is 2.55. The van der Waals surface area contributed by atoms with Crippen LogP contribution in [0, 0.1) is 0 Å². The number of hydrogen-bond acceptors (Lipinski definition) is 4. The summed E-state index contributed by atoms with van der Waals surface area (Å²) in [5.41, 5.74) is 5.44. The predicted molar refractivity (Wildman–Crippen MR) is 45.9 cm³/mol. The van der Waals surface area contributed by atoms with Crippen LogP contribution >= 0.6 is 0 Å². The van der Waals surface area contributed by atoms with E-state index in [-0.39, 0.29) is 18.6 Å². The molecule has 0 spiro atoms. The van der Waals surface area contributed by atoms with Gasteiger partial charge in [-0.1, -0.05) is 0 Å². The maximum Gasteiger partial charge on any atom is 0.320 e. The average molecular weight is 182 g/mol. The lowest BCUT2D eigenvalue weighted by Gasteiger charge is -2.01. The highest BCUT2D eigenvalue weighted by Gasteiger charge is 1.99. The van der Waals surface area contributed by atoms with Gasteiger partial charge in [0.2, 0.25) is 0 Å². The molecule has 0 fully saturated rings. The molecule has 0 aromatic carbocycles. The average Bonchev–Trinajstić information content (AvgIpc) is 2.14. The van der Waals surface area contributed by atoms with Crippen molar-refractivity contribution >= 4 is 5.97 Å². The minimum absolute atomic E-state index is 0.0477. The smallest absolute Gasteiger partial charge is 0.320 e. The number of pyridine rings is 1. The fraction of sp³-hybridized carbons (Fsp3) is 0.250. The molecule has 1 heterocycles. The van der Waals surface area contributed by atoms with Crippen LogP contribution in [0.2, 0.25) is 0 Å². The third kappa shape index (κ3) is 3.08. The number of rotatable bonds is 3. The first-order valence-electron chi connectivity index (χ1n) is 3.75. The fourth-order valence-corrected chi connectivity index (χ4v) is 0.793. The van der Waals surface area contributed by atoms with Crippen molar-refractivity contribution in [2.45, 2.75) is 6.61 Å². The van der Waals surface area contributed by atoms with Crippen LogP contribution in [0.4, 0.5) is 0 Å². The second kappa shape index (κ2) is 4.42. The summed E-state index contributed by atoms with van der Waals surface area (Å²) in [6.45, 7) is -0.108. The summed E-state index contributed by atoms with van der Waals surface area (Å²) in [5.74, 6) is -0.496. The highest BCUT2D eigenvalue weighted by atomic mass is 16.5. The Morgan fingerprint density at radius 2 is 2.38 bits per heavy atom. The number of esters is 1. The number of nitrogens with one attached hydrogen (secondary N) is 1. The van der Waals surface area contributed by atoms with Crippen molar-refractivity contribution in [1.82, 2.24) is 4.98 Å². The lowest BCUT2D eigenvalue weighted by Crippen LogP contribution is -2.17. The van der Waals surface area contributed by atoms with Gasteiger partial charge in [0.15, 0.2) is 5.43 Å². The van der Waals surface area contributed by atoms with E-state index in [9.17, 15) is 9.59 Å². The van der Waals surface area contributed by atoms with E-state index < -0.39 is 5.97 Å². The largest absolute Gasteiger partial charge is 0.458 e. The fourth-order valence-electron chi connectivity index (χ4n) is 0.793. The van der Waals surface area contributed by atoms with E-state index in [1.807, 2.05) is 0 Å². The molecule has 0 amide bonds. The third-order valence-corrected chi connectivity index (χ3v) is 1.39. The van der Waals surface area contributed by atoms with Gasteiger partial charge in [-0.3, -0.25) is 9.59 Å². The van der Waals surface area contributed by atoms with Gasteiger partial charge in [0, 0.05) is 18.3 Å². The monoisotopic (exact) mass is 182 g/mol. The van der Waals surface area contributed by atoms with Gasteiger partial charge in [0.25, 0.3) is 0 Å². The Morgan fingerprint density at radius 3 is 3.00 bits per heavy atom. The van der Waals surface area contributed by atoms with Crippen molar-refractivity contribution in [3.63, 3.8) is 0 Å².